The fraction of sp³-hybridized carbons (Fsp3) is 0.182. The number of thioether (sulfide) groups is 1. The lowest BCUT2D eigenvalue weighted by atomic mass is 10.2. The standard InChI is InChI=1S/C22H21N3O3S/c1-15(21(26)23-14-18-6-5-13-28-18)29-22-24-19-7-3-4-8-20(19)25(22)16-9-11-17(27-2)12-10-16/h3-13,15H,14H2,1-2H3,(H,23,26)/t15-/m0/s1. The van der Waals surface area contributed by atoms with Crippen LogP contribution in [0.1, 0.15) is 12.7 Å². The molecular formula is C22H21N3O3S. The number of methoxy groups -OCH3 is 1. The van der Waals surface area contributed by atoms with E-state index in [1.807, 2.05) is 61.5 Å². The van der Waals surface area contributed by atoms with Gasteiger partial charge in [-0.2, -0.15) is 0 Å². The van der Waals surface area contributed by atoms with Gasteiger partial charge in [-0.3, -0.25) is 9.36 Å². The second-order valence-electron chi connectivity index (χ2n) is 6.47. The van der Waals surface area contributed by atoms with Crippen molar-refractivity contribution in [3.8, 4) is 11.4 Å². The predicted octanol–water partition coefficient (Wildman–Crippen LogP) is 4.42. The number of carbonyl (C=O) groups is 1. The first-order valence-corrected chi connectivity index (χ1v) is 10.1. The van der Waals surface area contributed by atoms with Gasteiger partial charge in [-0.1, -0.05) is 23.9 Å². The molecular weight excluding hydrogens is 386 g/mol. The molecule has 0 spiro atoms. The first-order valence-electron chi connectivity index (χ1n) is 9.24. The SMILES string of the molecule is COc1ccc(-n2c(S[C@@H](C)C(=O)NCc3ccco3)nc3ccccc32)cc1. The van der Waals surface area contributed by atoms with Gasteiger partial charge in [-0.05, 0) is 55.5 Å². The first kappa shape index (κ1) is 19.1. The zero-order valence-corrected chi connectivity index (χ0v) is 17.0. The zero-order valence-electron chi connectivity index (χ0n) is 16.2. The number of aromatic nitrogens is 2. The number of hydrogen-bond donors (Lipinski definition) is 1. The number of nitrogens with one attached hydrogen (secondary N) is 1. The van der Waals surface area contributed by atoms with Crippen LogP contribution in [-0.4, -0.2) is 27.8 Å². The largest absolute Gasteiger partial charge is 0.497 e. The van der Waals surface area contributed by atoms with Gasteiger partial charge in [0.15, 0.2) is 5.16 Å². The van der Waals surface area contributed by atoms with Gasteiger partial charge >= 0.3 is 0 Å². The highest BCUT2D eigenvalue weighted by atomic mass is 32.2. The maximum Gasteiger partial charge on any atom is 0.233 e. The number of hydrogen-bond acceptors (Lipinski definition) is 5. The van der Waals surface area contributed by atoms with E-state index in [2.05, 4.69) is 9.88 Å². The Morgan fingerprint density at radius 2 is 1.97 bits per heavy atom. The molecule has 0 aliphatic rings. The fourth-order valence-corrected chi connectivity index (χ4v) is 3.97. The summed E-state index contributed by atoms with van der Waals surface area (Å²) in [6.07, 6.45) is 1.59. The quantitative estimate of drug-likeness (QED) is 0.459. The van der Waals surface area contributed by atoms with Crippen LogP contribution in [0.5, 0.6) is 5.75 Å². The Morgan fingerprint density at radius 1 is 1.17 bits per heavy atom. The molecule has 7 heteroatoms. The van der Waals surface area contributed by atoms with Crippen molar-refractivity contribution in [3.05, 3.63) is 72.7 Å². The molecule has 0 aliphatic carbocycles. The number of benzene rings is 2. The Kier molecular flexibility index (Phi) is 5.57. The van der Waals surface area contributed by atoms with Crippen LogP contribution in [0.25, 0.3) is 16.7 Å². The van der Waals surface area contributed by atoms with Crippen molar-refractivity contribution in [1.82, 2.24) is 14.9 Å². The van der Waals surface area contributed by atoms with Crippen molar-refractivity contribution in [2.45, 2.75) is 23.9 Å². The minimum absolute atomic E-state index is 0.0697. The number of para-hydroxylation sites is 2. The van der Waals surface area contributed by atoms with E-state index in [9.17, 15) is 4.79 Å². The summed E-state index contributed by atoms with van der Waals surface area (Å²) < 4.78 is 12.6. The van der Waals surface area contributed by atoms with Crippen LogP contribution < -0.4 is 10.1 Å². The lowest BCUT2D eigenvalue weighted by Crippen LogP contribution is -2.30. The van der Waals surface area contributed by atoms with Gasteiger partial charge in [0.2, 0.25) is 5.91 Å². The summed E-state index contributed by atoms with van der Waals surface area (Å²) in [5.41, 5.74) is 2.84. The summed E-state index contributed by atoms with van der Waals surface area (Å²) in [6, 6.07) is 19.4. The third kappa shape index (κ3) is 4.14. The highest BCUT2D eigenvalue weighted by Crippen LogP contribution is 2.31. The van der Waals surface area contributed by atoms with Crippen LogP contribution in [0, 0.1) is 0 Å². The maximum absolute atomic E-state index is 12.6. The van der Waals surface area contributed by atoms with Gasteiger partial charge in [0.1, 0.15) is 11.5 Å². The van der Waals surface area contributed by atoms with E-state index in [0.717, 1.165) is 33.4 Å². The Labute approximate surface area is 172 Å². The van der Waals surface area contributed by atoms with Crippen LogP contribution in [0.4, 0.5) is 0 Å². The Hall–Kier alpha value is -3.19. The molecule has 0 fully saturated rings. The van der Waals surface area contributed by atoms with Gasteiger partial charge in [0.05, 0.1) is 36.2 Å². The van der Waals surface area contributed by atoms with Crippen LogP contribution in [0.15, 0.2) is 76.5 Å². The normalized spacial score (nSPS) is 12.1. The molecule has 6 nitrogen and oxygen atoms in total. The maximum atomic E-state index is 12.6. The van der Waals surface area contributed by atoms with Gasteiger partial charge in [0.25, 0.3) is 0 Å². The summed E-state index contributed by atoms with van der Waals surface area (Å²) in [7, 11) is 1.64. The van der Waals surface area contributed by atoms with E-state index in [-0.39, 0.29) is 11.2 Å². The fourth-order valence-electron chi connectivity index (χ4n) is 3.01. The summed E-state index contributed by atoms with van der Waals surface area (Å²) >= 11 is 1.42. The molecule has 29 heavy (non-hydrogen) atoms. The predicted molar refractivity (Wildman–Crippen MR) is 113 cm³/mol. The molecule has 0 unspecified atom stereocenters. The number of ether oxygens (including phenoxy) is 1. The van der Waals surface area contributed by atoms with Crippen molar-refractivity contribution in [3.63, 3.8) is 0 Å². The Bertz CT molecular complexity index is 1100. The highest BCUT2D eigenvalue weighted by Gasteiger charge is 2.20. The Balaban J connectivity index is 1.59. The van der Waals surface area contributed by atoms with Crippen molar-refractivity contribution in [1.29, 1.82) is 0 Å². The molecule has 0 bridgehead atoms. The zero-order chi connectivity index (χ0) is 20.2. The molecule has 2 aromatic carbocycles. The summed E-state index contributed by atoms with van der Waals surface area (Å²) in [5, 5.41) is 3.35. The van der Waals surface area contributed by atoms with Crippen molar-refractivity contribution in [2.75, 3.05) is 7.11 Å². The average Bonchev–Trinajstić information content (AvgIpc) is 3.39. The number of amides is 1. The summed E-state index contributed by atoms with van der Waals surface area (Å²) in [4.78, 5) is 17.3. The molecule has 148 valence electrons. The lowest BCUT2D eigenvalue weighted by molar-refractivity contribution is -0.120. The van der Waals surface area contributed by atoms with Gasteiger partial charge in [0, 0.05) is 5.69 Å². The van der Waals surface area contributed by atoms with E-state index < -0.39 is 0 Å². The summed E-state index contributed by atoms with van der Waals surface area (Å²) in [6.45, 7) is 2.24. The molecule has 1 amide bonds. The van der Waals surface area contributed by atoms with Crippen LogP contribution in [0.3, 0.4) is 0 Å². The number of nitrogens with zero attached hydrogens (tertiary/aromatic N) is 2. The number of fused-ring (bicyclic) bond motifs is 1. The van der Waals surface area contributed by atoms with Gasteiger partial charge in [-0.15, -0.1) is 0 Å². The minimum atomic E-state index is -0.321. The van der Waals surface area contributed by atoms with Crippen molar-refractivity contribution in [2.24, 2.45) is 0 Å². The minimum Gasteiger partial charge on any atom is -0.497 e. The number of carbonyl (C=O) groups excluding carboxylic acids is 1. The molecule has 1 N–H and O–H groups in total. The molecule has 2 heterocycles. The van der Waals surface area contributed by atoms with Gasteiger partial charge in [-0.25, -0.2) is 4.98 Å². The molecule has 0 radical (unpaired) electrons. The smallest absolute Gasteiger partial charge is 0.233 e. The monoisotopic (exact) mass is 407 g/mol. The van der Waals surface area contributed by atoms with E-state index in [4.69, 9.17) is 14.1 Å². The van der Waals surface area contributed by atoms with E-state index in [1.54, 1.807) is 19.4 Å². The van der Waals surface area contributed by atoms with Crippen molar-refractivity contribution < 1.29 is 13.9 Å². The second kappa shape index (κ2) is 8.45. The third-order valence-electron chi connectivity index (χ3n) is 4.53. The summed E-state index contributed by atoms with van der Waals surface area (Å²) in [5.74, 6) is 1.44. The lowest BCUT2D eigenvalue weighted by Gasteiger charge is -2.13. The number of furan rings is 1. The highest BCUT2D eigenvalue weighted by molar-refractivity contribution is 8.00. The molecule has 1 atom stereocenters. The second-order valence-corrected chi connectivity index (χ2v) is 7.78. The van der Waals surface area contributed by atoms with Crippen molar-refractivity contribution >= 4 is 28.7 Å². The molecule has 2 aromatic heterocycles. The molecule has 0 saturated heterocycles. The molecule has 0 aliphatic heterocycles. The van der Waals surface area contributed by atoms with Crippen LogP contribution in [-0.2, 0) is 11.3 Å². The molecule has 0 saturated carbocycles. The molecule has 4 aromatic rings. The van der Waals surface area contributed by atoms with Crippen LogP contribution >= 0.6 is 11.8 Å². The van der Waals surface area contributed by atoms with E-state index in [0.29, 0.717) is 6.54 Å². The first-order chi connectivity index (χ1) is 14.2. The third-order valence-corrected chi connectivity index (χ3v) is 5.58. The van der Waals surface area contributed by atoms with E-state index in [1.165, 1.54) is 11.8 Å². The number of imidazole rings is 1. The number of rotatable bonds is 7. The van der Waals surface area contributed by atoms with Crippen LogP contribution in [0.2, 0.25) is 0 Å². The Morgan fingerprint density at radius 3 is 2.69 bits per heavy atom. The average molecular weight is 407 g/mol. The molecule has 4 rings (SSSR count). The topological polar surface area (TPSA) is 69.3 Å². The van der Waals surface area contributed by atoms with Gasteiger partial charge < -0.3 is 14.5 Å². The van der Waals surface area contributed by atoms with E-state index >= 15 is 0 Å².